The van der Waals surface area contributed by atoms with E-state index in [1.54, 1.807) is 17.8 Å². The first-order valence-electron chi connectivity index (χ1n) is 4.59. The lowest BCUT2D eigenvalue weighted by atomic mass is 10.2. The van der Waals surface area contributed by atoms with E-state index in [0.29, 0.717) is 10.8 Å². The monoisotopic (exact) mass is 288 g/mol. The van der Waals surface area contributed by atoms with Crippen LogP contribution >= 0.6 is 27.7 Å². The zero-order valence-corrected chi connectivity index (χ0v) is 11.3. The van der Waals surface area contributed by atoms with Crippen molar-refractivity contribution < 1.29 is 9.53 Å². The SMILES string of the molecule is COC(=O)c1cc(Br)ccc1SC(C)C. The Balaban J connectivity index is 3.08. The standard InChI is InChI=1S/C11H13BrO2S/c1-7(2)15-10-5-4-8(12)6-9(10)11(13)14-3/h4-7H,1-3H3. The first kappa shape index (κ1) is 12.6. The van der Waals surface area contributed by atoms with Gasteiger partial charge in [0.05, 0.1) is 12.7 Å². The highest BCUT2D eigenvalue weighted by Crippen LogP contribution is 2.29. The van der Waals surface area contributed by atoms with Gasteiger partial charge in [-0.1, -0.05) is 29.8 Å². The summed E-state index contributed by atoms with van der Waals surface area (Å²) in [7, 11) is 1.40. The molecule has 1 rings (SSSR count). The molecule has 0 spiro atoms. The number of thioether (sulfide) groups is 1. The highest BCUT2D eigenvalue weighted by molar-refractivity contribution is 9.10. The summed E-state index contributed by atoms with van der Waals surface area (Å²) >= 11 is 5.00. The van der Waals surface area contributed by atoms with Crippen LogP contribution in [0.15, 0.2) is 27.6 Å². The Hall–Kier alpha value is -0.480. The van der Waals surface area contributed by atoms with E-state index in [-0.39, 0.29) is 5.97 Å². The molecule has 0 aliphatic rings. The van der Waals surface area contributed by atoms with Crippen LogP contribution < -0.4 is 0 Å². The average molecular weight is 289 g/mol. The number of methoxy groups -OCH3 is 1. The molecule has 82 valence electrons. The van der Waals surface area contributed by atoms with Crippen molar-refractivity contribution in [2.24, 2.45) is 0 Å². The van der Waals surface area contributed by atoms with Crippen LogP contribution in [0.1, 0.15) is 24.2 Å². The first-order chi connectivity index (χ1) is 7.04. The Kier molecular flexibility index (Phi) is 4.67. The molecular formula is C11H13BrO2S. The van der Waals surface area contributed by atoms with E-state index in [0.717, 1.165) is 9.37 Å². The summed E-state index contributed by atoms with van der Waals surface area (Å²) in [4.78, 5) is 12.5. The van der Waals surface area contributed by atoms with E-state index in [1.165, 1.54) is 7.11 Å². The van der Waals surface area contributed by atoms with Crippen molar-refractivity contribution in [3.05, 3.63) is 28.2 Å². The van der Waals surface area contributed by atoms with Crippen LogP contribution in [-0.2, 0) is 4.74 Å². The third-order valence-electron chi connectivity index (χ3n) is 1.71. The largest absolute Gasteiger partial charge is 0.465 e. The molecule has 0 heterocycles. The molecule has 0 amide bonds. The van der Waals surface area contributed by atoms with Gasteiger partial charge in [0.25, 0.3) is 0 Å². The minimum absolute atomic E-state index is 0.292. The molecule has 1 aromatic rings. The van der Waals surface area contributed by atoms with Crippen LogP contribution in [0.5, 0.6) is 0 Å². The fourth-order valence-electron chi connectivity index (χ4n) is 1.13. The van der Waals surface area contributed by atoms with Crippen molar-refractivity contribution in [3.8, 4) is 0 Å². The molecule has 0 atom stereocenters. The number of carbonyl (C=O) groups excluding carboxylic acids is 1. The predicted molar refractivity (Wildman–Crippen MR) is 66.5 cm³/mol. The molecule has 0 bridgehead atoms. The zero-order valence-electron chi connectivity index (χ0n) is 8.91. The van der Waals surface area contributed by atoms with E-state index >= 15 is 0 Å². The first-order valence-corrected chi connectivity index (χ1v) is 6.26. The van der Waals surface area contributed by atoms with Crippen molar-refractivity contribution >= 4 is 33.7 Å². The summed E-state index contributed by atoms with van der Waals surface area (Å²) in [5.74, 6) is -0.292. The molecule has 15 heavy (non-hydrogen) atoms. The number of hydrogen-bond acceptors (Lipinski definition) is 3. The fourth-order valence-corrected chi connectivity index (χ4v) is 2.41. The Bertz CT molecular complexity index is 364. The summed E-state index contributed by atoms with van der Waals surface area (Å²) in [6.07, 6.45) is 0. The molecule has 0 unspecified atom stereocenters. The number of rotatable bonds is 3. The van der Waals surface area contributed by atoms with Crippen molar-refractivity contribution in [2.45, 2.75) is 24.0 Å². The van der Waals surface area contributed by atoms with Crippen LogP contribution in [0, 0.1) is 0 Å². The van der Waals surface area contributed by atoms with Crippen LogP contribution in [0.3, 0.4) is 0 Å². The van der Waals surface area contributed by atoms with Crippen LogP contribution in [0.4, 0.5) is 0 Å². The molecule has 4 heteroatoms. The maximum atomic E-state index is 11.5. The van der Waals surface area contributed by atoms with Gasteiger partial charge in [0, 0.05) is 14.6 Å². The van der Waals surface area contributed by atoms with E-state index in [9.17, 15) is 4.79 Å². The maximum Gasteiger partial charge on any atom is 0.339 e. The van der Waals surface area contributed by atoms with Gasteiger partial charge in [-0.25, -0.2) is 4.79 Å². The Morgan fingerprint density at radius 2 is 2.13 bits per heavy atom. The van der Waals surface area contributed by atoms with E-state index < -0.39 is 0 Å². The number of hydrogen-bond donors (Lipinski definition) is 0. The van der Waals surface area contributed by atoms with Gasteiger partial charge in [-0.2, -0.15) is 0 Å². The number of carbonyl (C=O) groups is 1. The Morgan fingerprint density at radius 1 is 1.47 bits per heavy atom. The van der Waals surface area contributed by atoms with Crippen LogP contribution in [0.2, 0.25) is 0 Å². The second-order valence-electron chi connectivity index (χ2n) is 3.30. The number of halogens is 1. The van der Waals surface area contributed by atoms with Gasteiger partial charge < -0.3 is 4.74 Å². The molecule has 0 fully saturated rings. The molecule has 0 N–H and O–H groups in total. The molecule has 1 aromatic carbocycles. The summed E-state index contributed by atoms with van der Waals surface area (Å²) in [6, 6.07) is 5.65. The lowest BCUT2D eigenvalue weighted by molar-refractivity contribution is 0.0596. The summed E-state index contributed by atoms with van der Waals surface area (Å²) in [5.41, 5.74) is 0.616. The molecular weight excluding hydrogens is 276 g/mol. The second-order valence-corrected chi connectivity index (χ2v) is 5.83. The van der Waals surface area contributed by atoms with Crippen molar-refractivity contribution in [2.75, 3.05) is 7.11 Å². The van der Waals surface area contributed by atoms with E-state index in [2.05, 4.69) is 29.8 Å². The Labute approximate surface area is 103 Å². The summed E-state index contributed by atoms with van der Waals surface area (Å²) < 4.78 is 5.63. The maximum absolute atomic E-state index is 11.5. The fraction of sp³-hybridized carbons (Fsp3) is 0.364. The average Bonchev–Trinajstić information content (AvgIpc) is 2.19. The minimum atomic E-state index is -0.292. The molecule has 0 aromatic heterocycles. The van der Waals surface area contributed by atoms with Crippen molar-refractivity contribution in [3.63, 3.8) is 0 Å². The molecule has 0 saturated heterocycles. The van der Waals surface area contributed by atoms with Crippen LogP contribution in [-0.4, -0.2) is 18.3 Å². The number of ether oxygens (including phenoxy) is 1. The summed E-state index contributed by atoms with van der Waals surface area (Å²) in [5, 5.41) is 0.439. The predicted octanol–water partition coefficient (Wildman–Crippen LogP) is 3.74. The lowest BCUT2D eigenvalue weighted by Gasteiger charge is -2.09. The topological polar surface area (TPSA) is 26.3 Å². The third-order valence-corrected chi connectivity index (χ3v) is 3.28. The van der Waals surface area contributed by atoms with Crippen molar-refractivity contribution in [1.82, 2.24) is 0 Å². The minimum Gasteiger partial charge on any atom is -0.465 e. The third kappa shape index (κ3) is 3.54. The zero-order chi connectivity index (χ0) is 11.4. The van der Waals surface area contributed by atoms with Gasteiger partial charge in [-0.05, 0) is 18.2 Å². The highest BCUT2D eigenvalue weighted by atomic mass is 79.9. The van der Waals surface area contributed by atoms with Gasteiger partial charge in [0.2, 0.25) is 0 Å². The Morgan fingerprint density at radius 3 is 2.67 bits per heavy atom. The highest BCUT2D eigenvalue weighted by Gasteiger charge is 2.13. The van der Waals surface area contributed by atoms with Gasteiger partial charge in [-0.15, -0.1) is 11.8 Å². The van der Waals surface area contributed by atoms with Gasteiger partial charge >= 0.3 is 5.97 Å². The summed E-state index contributed by atoms with van der Waals surface area (Å²) in [6.45, 7) is 4.18. The van der Waals surface area contributed by atoms with E-state index in [1.807, 2.05) is 12.1 Å². The molecule has 0 aliphatic heterocycles. The quantitative estimate of drug-likeness (QED) is 0.626. The lowest BCUT2D eigenvalue weighted by Crippen LogP contribution is -2.04. The van der Waals surface area contributed by atoms with Gasteiger partial charge in [-0.3, -0.25) is 0 Å². The number of esters is 1. The molecule has 0 aliphatic carbocycles. The molecule has 0 radical (unpaired) electrons. The normalized spacial score (nSPS) is 10.5. The van der Waals surface area contributed by atoms with Crippen LogP contribution in [0.25, 0.3) is 0 Å². The van der Waals surface area contributed by atoms with Gasteiger partial charge in [0.1, 0.15) is 0 Å². The smallest absolute Gasteiger partial charge is 0.339 e. The molecule has 0 saturated carbocycles. The van der Waals surface area contributed by atoms with Crippen molar-refractivity contribution in [1.29, 1.82) is 0 Å². The van der Waals surface area contributed by atoms with Gasteiger partial charge in [0.15, 0.2) is 0 Å². The molecule has 2 nitrogen and oxygen atoms in total. The second kappa shape index (κ2) is 5.56. The number of benzene rings is 1. The van der Waals surface area contributed by atoms with E-state index in [4.69, 9.17) is 4.74 Å².